The van der Waals surface area contributed by atoms with Gasteiger partial charge in [0.1, 0.15) is 0 Å². The van der Waals surface area contributed by atoms with Crippen LogP contribution < -0.4 is 4.72 Å². The van der Waals surface area contributed by atoms with Crippen molar-refractivity contribution >= 4 is 44.8 Å². The zero-order valence-corrected chi connectivity index (χ0v) is 14.6. The molecule has 0 bridgehead atoms. The monoisotopic (exact) mass is 369 g/mol. The Morgan fingerprint density at radius 2 is 1.76 bits per heavy atom. The van der Waals surface area contributed by atoms with Gasteiger partial charge >= 0.3 is 0 Å². The molecule has 0 saturated heterocycles. The summed E-state index contributed by atoms with van der Waals surface area (Å²) in [4.78, 5) is 0.123. The molecule has 0 radical (unpaired) electrons. The molecular formula is C14H18Cl3NO2S. The Labute approximate surface area is 141 Å². The zero-order chi connectivity index (χ0) is 15.5. The van der Waals surface area contributed by atoms with E-state index in [0.29, 0.717) is 17.4 Å². The predicted molar refractivity (Wildman–Crippen MR) is 87.9 cm³/mol. The van der Waals surface area contributed by atoms with Crippen LogP contribution in [0.5, 0.6) is 0 Å². The second kappa shape index (κ2) is 7.05. The Bertz CT molecular complexity index is 598. The standard InChI is InChI=1S/C14H18Cl3NO2S/c15-9-14(6-2-1-3-7-14)10-18-21(19,20)11-4-5-12(16)13(17)8-11/h4-5,8,18H,1-3,6-7,9-10H2. The Morgan fingerprint density at radius 1 is 1.10 bits per heavy atom. The van der Waals surface area contributed by atoms with E-state index in [0.717, 1.165) is 25.7 Å². The fourth-order valence-corrected chi connectivity index (χ4v) is 4.54. The molecule has 118 valence electrons. The van der Waals surface area contributed by atoms with E-state index in [4.69, 9.17) is 34.8 Å². The maximum absolute atomic E-state index is 12.3. The lowest BCUT2D eigenvalue weighted by Gasteiger charge is -2.35. The number of sulfonamides is 1. The number of alkyl halides is 1. The molecule has 0 atom stereocenters. The molecule has 7 heteroatoms. The van der Waals surface area contributed by atoms with Crippen molar-refractivity contribution in [3.63, 3.8) is 0 Å². The molecule has 1 aliphatic carbocycles. The highest BCUT2D eigenvalue weighted by Gasteiger charge is 2.32. The molecule has 1 aromatic carbocycles. The summed E-state index contributed by atoms with van der Waals surface area (Å²) in [6.07, 6.45) is 5.31. The molecule has 1 aliphatic rings. The van der Waals surface area contributed by atoms with Gasteiger partial charge in [-0.1, -0.05) is 42.5 Å². The van der Waals surface area contributed by atoms with Crippen LogP contribution >= 0.6 is 34.8 Å². The lowest BCUT2D eigenvalue weighted by molar-refractivity contribution is 0.223. The summed E-state index contributed by atoms with van der Waals surface area (Å²) < 4.78 is 27.4. The van der Waals surface area contributed by atoms with Crippen LogP contribution in [0.3, 0.4) is 0 Å². The normalized spacial score (nSPS) is 18.6. The van der Waals surface area contributed by atoms with Gasteiger partial charge in [0.25, 0.3) is 0 Å². The van der Waals surface area contributed by atoms with Crippen molar-refractivity contribution < 1.29 is 8.42 Å². The van der Waals surface area contributed by atoms with Crippen LogP contribution in [0.2, 0.25) is 10.0 Å². The van der Waals surface area contributed by atoms with Crippen molar-refractivity contribution in [2.45, 2.75) is 37.0 Å². The highest BCUT2D eigenvalue weighted by Crippen LogP contribution is 2.37. The summed E-state index contributed by atoms with van der Waals surface area (Å²) in [7, 11) is -3.60. The summed E-state index contributed by atoms with van der Waals surface area (Å²) in [5.41, 5.74) is -0.136. The van der Waals surface area contributed by atoms with Crippen molar-refractivity contribution in [2.75, 3.05) is 12.4 Å². The summed E-state index contributed by atoms with van der Waals surface area (Å²) in [5.74, 6) is 0.469. The first kappa shape index (κ1) is 17.4. The first-order valence-electron chi connectivity index (χ1n) is 6.89. The summed E-state index contributed by atoms with van der Waals surface area (Å²) in [6.45, 7) is 0.360. The smallest absolute Gasteiger partial charge is 0.211 e. The van der Waals surface area contributed by atoms with Crippen molar-refractivity contribution in [3.05, 3.63) is 28.2 Å². The van der Waals surface area contributed by atoms with Gasteiger partial charge in [0.2, 0.25) is 10.0 Å². The third-order valence-electron chi connectivity index (χ3n) is 4.04. The van der Waals surface area contributed by atoms with E-state index in [1.165, 1.54) is 24.6 Å². The van der Waals surface area contributed by atoms with Gasteiger partial charge in [-0.05, 0) is 36.5 Å². The first-order chi connectivity index (χ1) is 9.88. The molecule has 0 aliphatic heterocycles. The van der Waals surface area contributed by atoms with Gasteiger partial charge in [-0.15, -0.1) is 11.6 Å². The van der Waals surface area contributed by atoms with Crippen LogP contribution in [-0.2, 0) is 10.0 Å². The molecule has 0 amide bonds. The van der Waals surface area contributed by atoms with Crippen LogP contribution in [0, 0.1) is 5.41 Å². The predicted octanol–water partition coefficient (Wildman–Crippen LogP) is 4.46. The molecule has 1 fully saturated rings. The van der Waals surface area contributed by atoms with Gasteiger partial charge in [0.05, 0.1) is 14.9 Å². The minimum Gasteiger partial charge on any atom is -0.211 e. The highest BCUT2D eigenvalue weighted by atomic mass is 35.5. The Balaban J connectivity index is 2.11. The third kappa shape index (κ3) is 4.26. The van der Waals surface area contributed by atoms with Crippen LogP contribution in [0.25, 0.3) is 0 Å². The maximum atomic E-state index is 12.3. The van der Waals surface area contributed by atoms with Gasteiger partial charge in [-0.25, -0.2) is 13.1 Å². The summed E-state index contributed by atoms with van der Waals surface area (Å²) in [5, 5.41) is 0.560. The van der Waals surface area contributed by atoms with Crippen molar-refractivity contribution in [2.24, 2.45) is 5.41 Å². The average molecular weight is 371 g/mol. The number of nitrogens with one attached hydrogen (secondary N) is 1. The average Bonchev–Trinajstić information content (AvgIpc) is 2.49. The van der Waals surface area contributed by atoms with E-state index >= 15 is 0 Å². The van der Waals surface area contributed by atoms with Gasteiger partial charge in [-0.3, -0.25) is 0 Å². The molecule has 3 nitrogen and oxygen atoms in total. The molecule has 0 unspecified atom stereocenters. The van der Waals surface area contributed by atoms with E-state index < -0.39 is 10.0 Å². The third-order valence-corrected chi connectivity index (χ3v) is 6.74. The van der Waals surface area contributed by atoms with Crippen molar-refractivity contribution in [3.8, 4) is 0 Å². The van der Waals surface area contributed by atoms with E-state index in [2.05, 4.69) is 4.72 Å². The van der Waals surface area contributed by atoms with Crippen LogP contribution in [0.1, 0.15) is 32.1 Å². The number of halogens is 3. The zero-order valence-electron chi connectivity index (χ0n) is 11.5. The maximum Gasteiger partial charge on any atom is 0.240 e. The quantitative estimate of drug-likeness (QED) is 0.778. The lowest BCUT2D eigenvalue weighted by Crippen LogP contribution is -2.40. The van der Waals surface area contributed by atoms with E-state index in [1.807, 2.05) is 0 Å². The van der Waals surface area contributed by atoms with Crippen LogP contribution in [0.15, 0.2) is 23.1 Å². The number of hydrogen-bond acceptors (Lipinski definition) is 2. The number of benzene rings is 1. The topological polar surface area (TPSA) is 46.2 Å². The molecule has 0 heterocycles. The second-order valence-corrected chi connectivity index (χ2v) is 8.44. The van der Waals surface area contributed by atoms with Crippen molar-refractivity contribution in [1.29, 1.82) is 0 Å². The van der Waals surface area contributed by atoms with Gasteiger partial charge in [-0.2, -0.15) is 0 Å². The summed E-state index contributed by atoms with van der Waals surface area (Å²) >= 11 is 17.8. The van der Waals surface area contributed by atoms with Crippen LogP contribution in [0.4, 0.5) is 0 Å². The SMILES string of the molecule is O=S(=O)(NCC1(CCl)CCCCC1)c1ccc(Cl)c(Cl)c1. The Morgan fingerprint density at radius 3 is 2.33 bits per heavy atom. The second-order valence-electron chi connectivity index (χ2n) is 5.59. The fourth-order valence-electron chi connectivity index (χ4n) is 2.63. The molecule has 0 aromatic heterocycles. The number of rotatable bonds is 5. The van der Waals surface area contributed by atoms with E-state index in [1.54, 1.807) is 0 Å². The summed E-state index contributed by atoms with van der Waals surface area (Å²) in [6, 6.07) is 4.29. The largest absolute Gasteiger partial charge is 0.240 e. The number of hydrogen-bond donors (Lipinski definition) is 1. The van der Waals surface area contributed by atoms with E-state index in [9.17, 15) is 8.42 Å². The van der Waals surface area contributed by atoms with Gasteiger partial charge < -0.3 is 0 Å². The van der Waals surface area contributed by atoms with Gasteiger partial charge in [0.15, 0.2) is 0 Å². The molecule has 21 heavy (non-hydrogen) atoms. The van der Waals surface area contributed by atoms with E-state index in [-0.39, 0.29) is 15.3 Å². The minimum absolute atomic E-state index is 0.123. The van der Waals surface area contributed by atoms with Crippen LogP contribution in [-0.4, -0.2) is 20.8 Å². The highest BCUT2D eigenvalue weighted by molar-refractivity contribution is 7.89. The molecule has 1 saturated carbocycles. The first-order valence-corrected chi connectivity index (χ1v) is 9.67. The molecule has 1 N–H and O–H groups in total. The minimum atomic E-state index is -3.60. The molecule has 0 spiro atoms. The Kier molecular flexibility index (Phi) is 5.83. The molecular weight excluding hydrogens is 353 g/mol. The lowest BCUT2D eigenvalue weighted by atomic mass is 9.76. The molecule has 2 rings (SSSR count). The van der Waals surface area contributed by atoms with Gasteiger partial charge in [0, 0.05) is 12.4 Å². The fraction of sp³-hybridized carbons (Fsp3) is 0.571. The Hall–Kier alpha value is -0.000000000000000111. The van der Waals surface area contributed by atoms with Crippen molar-refractivity contribution in [1.82, 2.24) is 4.72 Å². The molecule has 1 aromatic rings.